The Labute approximate surface area is 163 Å². The van der Waals surface area contributed by atoms with Crippen LogP contribution < -0.4 is 9.64 Å². The largest absolute Gasteiger partial charge is 0.484 e. The number of pyridine rings is 2. The number of aryl methyl sites for hydroxylation is 2. The zero-order valence-corrected chi connectivity index (χ0v) is 16.1. The maximum atomic E-state index is 6.17. The molecule has 2 saturated heterocycles. The molecule has 5 heterocycles. The molecule has 2 aliphatic heterocycles. The lowest BCUT2D eigenvalue weighted by molar-refractivity contribution is -0.00461. The van der Waals surface area contributed by atoms with E-state index in [9.17, 15) is 0 Å². The number of aromatic nitrogens is 3. The summed E-state index contributed by atoms with van der Waals surface area (Å²) < 4.78 is 20.4. The Kier molecular flexibility index (Phi) is 4.41. The molecule has 2 atom stereocenters. The number of nitrogens with zero attached hydrogens (tertiary/aromatic N) is 4. The lowest BCUT2D eigenvalue weighted by Crippen LogP contribution is -2.29. The van der Waals surface area contributed by atoms with E-state index < -0.39 is 0 Å². The summed E-state index contributed by atoms with van der Waals surface area (Å²) in [5.74, 6) is 0.750. The van der Waals surface area contributed by atoms with E-state index >= 15 is 0 Å². The van der Waals surface area contributed by atoms with Crippen LogP contribution >= 0.6 is 0 Å². The van der Waals surface area contributed by atoms with Gasteiger partial charge >= 0.3 is 0 Å². The number of rotatable bonds is 3. The molecule has 0 bridgehead atoms. The first-order valence-electron chi connectivity index (χ1n) is 9.65. The summed E-state index contributed by atoms with van der Waals surface area (Å²) in [6.07, 6.45) is 5.62. The third-order valence-electron chi connectivity index (χ3n) is 5.48. The normalized spacial score (nSPS) is 23.0. The highest BCUT2D eigenvalue weighted by atomic mass is 16.6. The SMILES string of the molecule is Cc1ccc(OC2CO[C@H]3CN(c4ccnc5c4ccn5C)C[C@@H]3OC2)cn1. The van der Waals surface area contributed by atoms with Crippen molar-refractivity contribution in [1.29, 1.82) is 0 Å². The van der Waals surface area contributed by atoms with Crippen LogP contribution in [0.1, 0.15) is 5.69 Å². The molecule has 146 valence electrons. The first-order valence-corrected chi connectivity index (χ1v) is 9.65. The van der Waals surface area contributed by atoms with Gasteiger partial charge in [0.05, 0.1) is 19.4 Å². The van der Waals surface area contributed by atoms with Crippen LogP contribution in [0.5, 0.6) is 5.75 Å². The second-order valence-corrected chi connectivity index (χ2v) is 7.52. The molecule has 0 spiro atoms. The average molecular weight is 380 g/mol. The third kappa shape index (κ3) is 3.21. The summed E-state index contributed by atoms with van der Waals surface area (Å²) in [5.41, 5.74) is 3.15. The minimum absolute atomic E-state index is 0.0386. The first kappa shape index (κ1) is 17.5. The Morgan fingerprint density at radius 2 is 1.82 bits per heavy atom. The summed E-state index contributed by atoms with van der Waals surface area (Å²) >= 11 is 0. The van der Waals surface area contributed by atoms with Gasteiger partial charge in [0.1, 0.15) is 29.7 Å². The van der Waals surface area contributed by atoms with Crippen molar-refractivity contribution >= 4 is 16.7 Å². The van der Waals surface area contributed by atoms with Crippen molar-refractivity contribution in [1.82, 2.24) is 14.5 Å². The molecule has 2 aliphatic rings. The van der Waals surface area contributed by atoms with Crippen LogP contribution in [0.3, 0.4) is 0 Å². The number of ether oxygens (including phenoxy) is 3. The van der Waals surface area contributed by atoms with Crippen LogP contribution in [0.15, 0.2) is 42.9 Å². The maximum Gasteiger partial charge on any atom is 0.145 e. The van der Waals surface area contributed by atoms with Crippen LogP contribution in [0.4, 0.5) is 5.69 Å². The Bertz CT molecular complexity index is 955. The van der Waals surface area contributed by atoms with Gasteiger partial charge < -0.3 is 23.7 Å². The number of hydrogen-bond acceptors (Lipinski definition) is 6. The van der Waals surface area contributed by atoms with E-state index in [1.807, 2.05) is 43.1 Å². The first-order chi connectivity index (χ1) is 13.7. The molecule has 0 saturated carbocycles. The minimum atomic E-state index is -0.120. The molecule has 7 heteroatoms. The summed E-state index contributed by atoms with van der Waals surface area (Å²) in [7, 11) is 2.02. The van der Waals surface area contributed by atoms with Gasteiger partial charge in [-0.3, -0.25) is 4.98 Å². The van der Waals surface area contributed by atoms with Crippen molar-refractivity contribution in [3.8, 4) is 5.75 Å². The molecule has 0 amide bonds. The lowest BCUT2D eigenvalue weighted by Gasteiger charge is -2.21. The second kappa shape index (κ2) is 7.07. The highest BCUT2D eigenvalue weighted by Gasteiger charge is 2.38. The van der Waals surface area contributed by atoms with E-state index in [-0.39, 0.29) is 18.3 Å². The van der Waals surface area contributed by atoms with Crippen LogP contribution in [0.2, 0.25) is 0 Å². The van der Waals surface area contributed by atoms with Gasteiger partial charge in [-0.05, 0) is 31.2 Å². The van der Waals surface area contributed by atoms with Gasteiger partial charge in [0.15, 0.2) is 0 Å². The van der Waals surface area contributed by atoms with Gasteiger partial charge in [-0.1, -0.05) is 0 Å². The summed E-state index contributed by atoms with van der Waals surface area (Å²) in [5, 5.41) is 1.16. The lowest BCUT2D eigenvalue weighted by atomic mass is 10.2. The number of hydrogen-bond donors (Lipinski definition) is 0. The fourth-order valence-electron chi connectivity index (χ4n) is 3.98. The molecule has 3 aromatic rings. The van der Waals surface area contributed by atoms with Crippen molar-refractivity contribution in [3.63, 3.8) is 0 Å². The van der Waals surface area contributed by atoms with E-state index in [1.165, 1.54) is 5.69 Å². The van der Waals surface area contributed by atoms with Crippen molar-refractivity contribution in [2.24, 2.45) is 7.05 Å². The van der Waals surface area contributed by atoms with E-state index in [2.05, 4.69) is 27.0 Å². The molecule has 3 aromatic heterocycles. The fourth-order valence-corrected chi connectivity index (χ4v) is 3.98. The molecule has 0 N–H and O–H groups in total. The van der Waals surface area contributed by atoms with Gasteiger partial charge in [-0.2, -0.15) is 0 Å². The predicted octanol–water partition coefficient (Wildman–Crippen LogP) is 2.33. The highest BCUT2D eigenvalue weighted by molar-refractivity contribution is 5.90. The van der Waals surface area contributed by atoms with E-state index in [0.717, 1.165) is 35.6 Å². The fraction of sp³-hybridized carbons (Fsp3) is 0.429. The van der Waals surface area contributed by atoms with Crippen LogP contribution in [0, 0.1) is 6.92 Å². The summed E-state index contributed by atoms with van der Waals surface area (Å²) in [6.45, 7) is 4.59. The van der Waals surface area contributed by atoms with Gasteiger partial charge in [-0.25, -0.2) is 4.98 Å². The monoisotopic (exact) mass is 380 g/mol. The molecular weight excluding hydrogens is 356 g/mol. The predicted molar refractivity (Wildman–Crippen MR) is 106 cm³/mol. The van der Waals surface area contributed by atoms with Crippen molar-refractivity contribution in [3.05, 3.63) is 48.5 Å². The van der Waals surface area contributed by atoms with E-state index in [0.29, 0.717) is 13.2 Å². The minimum Gasteiger partial charge on any atom is -0.484 e. The van der Waals surface area contributed by atoms with E-state index in [1.54, 1.807) is 6.20 Å². The molecule has 2 fully saturated rings. The maximum absolute atomic E-state index is 6.17. The Balaban J connectivity index is 1.26. The Morgan fingerprint density at radius 3 is 2.54 bits per heavy atom. The van der Waals surface area contributed by atoms with Gasteiger partial charge in [-0.15, -0.1) is 0 Å². The van der Waals surface area contributed by atoms with Crippen LogP contribution in [-0.2, 0) is 16.5 Å². The van der Waals surface area contributed by atoms with Crippen molar-refractivity contribution < 1.29 is 14.2 Å². The topological polar surface area (TPSA) is 61.6 Å². The molecule has 5 rings (SSSR count). The zero-order valence-electron chi connectivity index (χ0n) is 16.1. The average Bonchev–Trinajstić information content (AvgIpc) is 3.24. The molecule has 0 radical (unpaired) electrons. The number of fused-ring (bicyclic) bond motifs is 2. The van der Waals surface area contributed by atoms with E-state index in [4.69, 9.17) is 14.2 Å². The summed E-state index contributed by atoms with van der Waals surface area (Å²) in [4.78, 5) is 11.1. The smallest absolute Gasteiger partial charge is 0.145 e. The molecule has 0 unspecified atom stereocenters. The Morgan fingerprint density at radius 1 is 1.04 bits per heavy atom. The standard InChI is InChI=1S/C21H24N4O3/c1-14-3-4-15(9-23-14)28-16-12-26-19-10-25(11-20(19)27-13-16)18-5-7-22-21-17(18)6-8-24(21)2/h3-9,16,19-20H,10-13H2,1-2H3/t19-,20-/m0/s1. The van der Waals surface area contributed by atoms with Crippen molar-refractivity contribution in [2.45, 2.75) is 25.2 Å². The zero-order chi connectivity index (χ0) is 19.1. The second-order valence-electron chi connectivity index (χ2n) is 7.52. The van der Waals surface area contributed by atoms with Gasteiger partial charge in [0, 0.05) is 49.3 Å². The Hall–Kier alpha value is -2.64. The van der Waals surface area contributed by atoms with Crippen LogP contribution in [-0.4, -0.2) is 59.2 Å². The van der Waals surface area contributed by atoms with Gasteiger partial charge in [0.25, 0.3) is 0 Å². The third-order valence-corrected chi connectivity index (χ3v) is 5.48. The molecule has 0 aromatic carbocycles. The highest BCUT2D eigenvalue weighted by Crippen LogP contribution is 2.31. The number of anilines is 1. The van der Waals surface area contributed by atoms with Crippen molar-refractivity contribution in [2.75, 3.05) is 31.2 Å². The van der Waals surface area contributed by atoms with Gasteiger partial charge in [0.2, 0.25) is 0 Å². The molecule has 7 nitrogen and oxygen atoms in total. The molecule has 0 aliphatic carbocycles. The molecular formula is C21H24N4O3. The van der Waals surface area contributed by atoms with Crippen LogP contribution in [0.25, 0.3) is 11.0 Å². The summed E-state index contributed by atoms with van der Waals surface area (Å²) in [6, 6.07) is 8.07. The quantitative estimate of drug-likeness (QED) is 0.695. The molecule has 28 heavy (non-hydrogen) atoms.